The van der Waals surface area contributed by atoms with Crippen LogP contribution in [0.15, 0.2) is 34.2 Å². The van der Waals surface area contributed by atoms with Crippen molar-refractivity contribution in [3.05, 3.63) is 51.7 Å². The molecule has 26 heavy (non-hydrogen) atoms. The van der Waals surface area contributed by atoms with Crippen molar-refractivity contribution in [2.75, 3.05) is 6.54 Å². The van der Waals surface area contributed by atoms with Crippen LogP contribution in [0.4, 0.5) is 0 Å². The SMILES string of the molecule is CCn1cnc2c(c1=O)CCN(S(=O)(=O)c1ccc3c(c1)C[C@@H](C)O3)C2. The van der Waals surface area contributed by atoms with Gasteiger partial charge in [0.05, 0.1) is 23.5 Å². The Morgan fingerprint density at radius 1 is 1.35 bits per heavy atom. The number of benzene rings is 1. The largest absolute Gasteiger partial charge is 0.490 e. The number of ether oxygens (including phenoxy) is 1. The van der Waals surface area contributed by atoms with E-state index in [1.807, 2.05) is 13.8 Å². The molecule has 0 bridgehead atoms. The molecule has 8 heteroatoms. The van der Waals surface area contributed by atoms with Gasteiger partial charge in [-0.25, -0.2) is 13.4 Å². The highest BCUT2D eigenvalue weighted by Crippen LogP contribution is 2.32. The molecule has 0 amide bonds. The van der Waals surface area contributed by atoms with Gasteiger partial charge in [0.15, 0.2) is 0 Å². The van der Waals surface area contributed by atoms with E-state index < -0.39 is 10.0 Å². The molecule has 2 aliphatic heterocycles. The zero-order valence-electron chi connectivity index (χ0n) is 14.8. The van der Waals surface area contributed by atoms with Crippen molar-refractivity contribution in [2.24, 2.45) is 0 Å². The average Bonchev–Trinajstić information content (AvgIpc) is 3.01. The Labute approximate surface area is 152 Å². The number of nitrogens with zero attached hydrogens (tertiary/aromatic N) is 3. The highest BCUT2D eigenvalue weighted by Gasteiger charge is 2.31. The molecule has 7 nitrogen and oxygen atoms in total. The van der Waals surface area contributed by atoms with E-state index in [0.717, 1.165) is 11.3 Å². The number of rotatable bonds is 3. The summed E-state index contributed by atoms with van der Waals surface area (Å²) < 4.78 is 34.7. The Morgan fingerprint density at radius 2 is 2.15 bits per heavy atom. The van der Waals surface area contributed by atoms with Crippen LogP contribution in [0.5, 0.6) is 5.75 Å². The van der Waals surface area contributed by atoms with Gasteiger partial charge in [-0.3, -0.25) is 9.36 Å². The van der Waals surface area contributed by atoms with Crippen molar-refractivity contribution in [3.63, 3.8) is 0 Å². The van der Waals surface area contributed by atoms with E-state index in [1.54, 1.807) is 22.8 Å². The molecule has 0 spiro atoms. The number of aromatic nitrogens is 2. The van der Waals surface area contributed by atoms with Crippen molar-refractivity contribution in [1.29, 1.82) is 0 Å². The molecule has 2 aliphatic rings. The first kappa shape index (κ1) is 17.2. The smallest absolute Gasteiger partial charge is 0.256 e. The number of hydrogen-bond donors (Lipinski definition) is 0. The van der Waals surface area contributed by atoms with Gasteiger partial charge in [-0.15, -0.1) is 0 Å². The predicted molar refractivity (Wildman–Crippen MR) is 95.7 cm³/mol. The molecular formula is C18H21N3O4S. The minimum absolute atomic E-state index is 0.0646. The van der Waals surface area contributed by atoms with Gasteiger partial charge >= 0.3 is 0 Å². The molecule has 0 saturated heterocycles. The molecule has 0 fully saturated rings. The molecule has 0 unspecified atom stereocenters. The van der Waals surface area contributed by atoms with E-state index in [9.17, 15) is 13.2 Å². The third-order valence-corrected chi connectivity index (χ3v) is 6.84. The van der Waals surface area contributed by atoms with E-state index >= 15 is 0 Å². The first-order valence-electron chi connectivity index (χ1n) is 8.77. The highest BCUT2D eigenvalue weighted by molar-refractivity contribution is 7.89. The molecular weight excluding hydrogens is 354 g/mol. The second-order valence-electron chi connectivity index (χ2n) is 6.75. The molecule has 2 aromatic rings. The minimum Gasteiger partial charge on any atom is -0.490 e. The number of aryl methyl sites for hydroxylation is 1. The molecule has 0 radical (unpaired) electrons. The van der Waals surface area contributed by atoms with Gasteiger partial charge in [0.2, 0.25) is 10.0 Å². The van der Waals surface area contributed by atoms with E-state index in [4.69, 9.17) is 4.74 Å². The number of fused-ring (bicyclic) bond motifs is 2. The van der Waals surface area contributed by atoms with Crippen molar-refractivity contribution in [3.8, 4) is 5.75 Å². The van der Waals surface area contributed by atoms with E-state index in [2.05, 4.69) is 4.98 Å². The lowest BCUT2D eigenvalue weighted by molar-refractivity contribution is 0.254. The number of sulfonamides is 1. The van der Waals surface area contributed by atoms with Crippen LogP contribution < -0.4 is 10.3 Å². The van der Waals surface area contributed by atoms with Gasteiger partial charge in [0.25, 0.3) is 5.56 Å². The van der Waals surface area contributed by atoms with Gasteiger partial charge in [-0.2, -0.15) is 4.31 Å². The Morgan fingerprint density at radius 3 is 2.92 bits per heavy atom. The van der Waals surface area contributed by atoms with Crippen LogP contribution in [0.1, 0.15) is 30.7 Å². The molecule has 4 rings (SSSR count). The maximum atomic E-state index is 13.1. The zero-order chi connectivity index (χ0) is 18.5. The third-order valence-electron chi connectivity index (χ3n) is 5.00. The first-order chi connectivity index (χ1) is 12.4. The van der Waals surface area contributed by atoms with Crippen molar-refractivity contribution >= 4 is 10.0 Å². The maximum absolute atomic E-state index is 13.1. The van der Waals surface area contributed by atoms with Gasteiger partial charge in [0, 0.05) is 25.1 Å². The van der Waals surface area contributed by atoms with Crippen molar-refractivity contribution in [2.45, 2.75) is 50.8 Å². The average molecular weight is 375 g/mol. The molecule has 0 saturated carbocycles. The lowest BCUT2D eigenvalue weighted by Crippen LogP contribution is -2.40. The second-order valence-corrected chi connectivity index (χ2v) is 8.69. The van der Waals surface area contributed by atoms with Gasteiger partial charge in [-0.05, 0) is 44.0 Å². The van der Waals surface area contributed by atoms with E-state index in [-0.39, 0.29) is 29.6 Å². The normalized spacial score (nSPS) is 19.7. The molecule has 0 aliphatic carbocycles. The summed E-state index contributed by atoms with van der Waals surface area (Å²) in [7, 11) is -3.64. The summed E-state index contributed by atoms with van der Waals surface area (Å²) in [4.78, 5) is 16.9. The Bertz CT molecular complexity index is 1030. The first-order valence-corrected chi connectivity index (χ1v) is 10.2. The second kappa shape index (κ2) is 6.21. The van der Waals surface area contributed by atoms with Crippen molar-refractivity contribution in [1.82, 2.24) is 13.9 Å². The van der Waals surface area contributed by atoms with Crippen LogP contribution in [0.3, 0.4) is 0 Å². The summed E-state index contributed by atoms with van der Waals surface area (Å²) in [5.41, 5.74) is 2.02. The Balaban J connectivity index is 1.65. The molecule has 1 aromatic carbocycles. The molecule has 138 valence electrons. The van der Waals surface area contributed by atoms with Crippen LogP contribution in [-0.2, 0) is 36.0 Å². The maximum Gasteiger partial charge on any atom is 0.256 e. The van der Waals surface area contributed by atoms with Gasteiger partial charge < -0.3 is 4.74 Å². The molecule has 3 heterocycles. The fourth-order valence-electron chi connectivity index (χ4n) is 3.57. The van der Waals surface area contributed by atoms with Crippen LogP contribution >= 0.6 is 0 Å². The van der Waals surface area contributed by atoms with Crippen LogP contribution in [0.2, 0.25) is 0 Å². The van der Waals surface area contributed by atoms with E-state index in [1.165, 1.54) is 10.6 Å². The molecule has 1 atom stereocenters. The van der Waals surface area contributed by atoms with E-state index in [0.29, 0.717) is 30.6 Å². The lowest BCUT2D eigenvalue weighted by Gasteiger charge is -2.27. The van der Waals surface area contributed by atoms with Crippen molar-refractivity contribution < 1.29 is 13.2 Å². The van der Waals surface area contributed by atoms with Crippen LogP contribution in [-0.4, -0.2) is 34.9 Å². The monoisotopic (exact) mass is 375 g/mol. The predicted octanol–water partition coefficient (Wildman–Crippen LogP) is 1.33. The summed E-state index contributed by atoms with van der Waals surface area (Å²) in [6, 6.07) is 5.01. The summed E-state index contributed by atoms with van der Waals surface area (Å²) in [6.45, 7) is 4.81. The number of hydrogen-bond acceptors (Lipinski definition) is 5. The summed E-state index contributed by atoms with van der Waals surface area (Å²) >= 11 is 0. The van der Waals surface area contributed by atoms with Crippen LogP contribution in [0, 0.1) is 0 Å². The fraction of sp³-hybridized carbons (Fsp3) is 0.444. The zero-order valence-corrected chi connectivity index (χ0v) is 15.6. The molecule has 1 aromatic heterocycles. The Hall–Kier alpha value is -2.19. The summed E-state index contributed by atoms with van der Waals surface area (Å²) in [5.74, 6) is 0.752. The Kier molecular flexibility index (Phi) is 4.11. The fourth-order valence-corrected chi connectivity index (χ4v) is 5.03. The quantitative estimate of drug-likeness (QED) is 0.808. The lowest BCUT2D eigenvalue weighted by atomic mass is 10.1. The minimum atomic E-state index is -3.64. The van der Waals surface area contributed by atoms with Gasteiger partial charge in [0.1, 0.15) is 11.9 Å². The summed E-state index contributed by atoms with van der Waals surface area (Å²) in [5, 5.41) is 0. The van der Waals surface area contributed by atoms with Gasteiger partial charge in [-0.1, -0.05) is 0 Å². The van der Waals surface area contributed by atoms with Crippen LogP contribution in [0.25, 0.3) is 0 Å². The topological polar surface area (TPSA) is 81.5 Å². The highest BCUT2D eigenvalue weighted by atomic mass is 32.2. The summed E-state index contributed by atoms with van der Waals surface area (Å²) in [6.07, 6.45) is 2.65. The third kappa shape index (κ3) is 2.73. The molecule has 0 N–H and O–H groups in total. The standard InChI is InChI=1S/C18H21N3O4S/c1-3-20-11-19-16-10-21(7-6-15(16)18(20)22)26(23,24)14-4-5-17-13(9-14)8-12(2)25-17/h4-5,9,11-12H,3,6-8,10H2,1-2H3/t12-/m1/s1.